The number of aryl methyl sites for hydroxylation is 1. The maximum absolute atomic E-state index is 12.0. The monoisotopic (exact) mass is 408 g/mol. The Bertz CT molecular complexity index is 857. The van der Waals surface area contributed by atoms with Gasteiger partial charge in [0, 0.05) is 27.7 Å². The van der Waals surface area contributed by atoms with E-state index in [1.165, 1.54) is 30.0 Å². The number of hydrogen-bond acceptors (Lipinski definition) is 6. The average molecular weight is 409 g/mol. The number of amides is 1. The first-order valence-electron chi connectivity index (χ1n) is 7.90. The third-order valence-corrected chi connectivity index (χ3v) is 4.84. The topological polar surface area (TPSA) is 98.5 Å². The number of rotatable bonds is 7. The van der Waals surface area contributed by atoms with Gasteiger partial charge in [-0.05, 0) is 49.7 Å². The van der Waals surface area contributed by atoms with E-state index < -0.39 is 28.7 Å². The van der Waals surface area contributed by atoms with Gasteiger partial charge >= 0.3 is 5.97 Å². The number of nitro benzene ring substituents is 1. The number of nitro groups is 1. The van der Waals surface area contributed by atoms with Gasteiger partial charge in [0.05, 0.1) is 4.92 Å². The average Bonchev–Trinajstić information content (AvgIpc) is 2.63. The van der Waals surface area contributed by atoms with Crippen molar-refractivity contribution in [3.05, 3.63) is 63.2 Å². The number of nitrogens with zero attached hydrogens (tertiary/aromatic N) is 1. The van der Waals surface area contributed by atoms with Crippen molar-refractivity contribution in [3.63, 3.8) is 0 Å². The number of thioether (sulfide) groups is 1. The molecule has 0 aliphatic carbocycles. The summed E-state index contributed by atoms with van der Waals surface area (Å²) >= 11 is 7.11. The quantitative estimate of drug-likeness (QED) is 0.319. The minimum absolute atomic E-state index is 0.0648. The molecule has 0 aliphatic heterocycles. The highest BCUT2D eigenvalue weighted by Gasteiger charge is 2.18. The maximum atomic E-state index is 12.0. The van der Waals surface area contributed by atoms with Gasteiger partial charge in [-0.3, -0.25) is 19.7 Å². The summed E-state index contributed by atoms with van der Waals surface area (Å²) in [5, 5.41) is 13.4. The first-order valence-corrected chi connectivity index (χ1v) is 9.16. The molecule has 0 saturated heterocycles. The third-order valence-electron chi connectivity index (χ3n) is 3.50. The van der Waals surface area contributed by atoms with Gasteiger partial charge in [-0.25, -0.2) is 0 Å². The van der Waals surface area contributed by atoms with E-state index in [1.54, 1.807) is 38.1 Å². The summed E-state index contributed by atoms with van der Waals surface area (Å²) in [5.74, 6) is -1.05. The summed E-state index contributed by atoms with van der Waals surface area (Å²) in [6, 6.07) is 11.1. The van der Waals surface area contributed by atoms with E-state index in [-0.39, 0.29) is 5.69 Å². The van der Waals surface area contributed by atoms with Crippen molar-refractivity contribution < 1.29 is 19.2 Å². The predicted molar refractivity (Wildman–Crippen MR) is 104 cm³/mol. The van der Waals surface area contributed by atoms with E-state index in [0.717, 1.165) is 4.90 Å². The van der Waals surface area contributed by atoms with Crippen LogP contribution < -0.4 is 5.32 Å². The largest absolute Gasteiger partial charge is 0.455 e. The highest BCUT2D eigenvalue weighted by molar-refractivity contribution is 8.00. The molecule has 1 amide bonds. The lowest BCUT2D eigenvalue weighted by Gasteiger charge is -2.12. The smallest absolute Gasteiger partial charge is 0.319 e. The maximum Gasteiger partial charge on any atom is 0.319 e. The Morgan fingerprint density at radius 1 is 1.26 bits per heavy atom. The standard InChI is InChI=1S/C18H17ClN2O5S/c1-11-9-14(21(24)25)5-8-16(11)20-17(22)10-26-18(23)12(2)27-15-6-3-13(19)4-7-15/h3-9,12H,10H2,1-2H3,(H,20,22)/t12-/m1/s1. The molecule has 0 radical (unpaired) electrons. The van der Waals surface area contributed by atoms with Gasteiger partial charge in [0.1, 0.15) is 5.25 Å². The molecule has 0 aliphatic rings. The van der Waals surface area contributed by atoms with Crippen LogP contribution in [0, 0.1) is 17.0 Å². The zero-order valence-corrected chi connectivity index (χ0v) is 16.2. The first-order chi connectivity index (χ1) is 12.8. The number of carbonyl (C=O) groups excluding carboxylic acids is 2. The van der Waals surface area contributed by atoms with E-state index in [0.29, 0.717) is 16.3 Å². The molecule has 7 nitrogen and oxygen atoms in total. The molecular weight excluding hydrogens is 392 g/mol. The molecule has 2 aromatic rings. The minimum atomic E-state index is -0.524. The highest BCUT2D eigenvalue weighted by Crippen LogP contribution is 2.25. The number of halogens is 1. The molecule has 0 fully saturated rings. The van der Waals surface area contributed by atoms with Crippen LogP contribution in [0.25, 0.3) is 0 Å². The van der Waals surface area contributed by atoms with Crippen LogP contribution in [0.1, 0.15) is 12.5 Å². The summed E-state index contributed by atoms with van der Waals surface area (Å²) in [4.78, 5) is 35.1. The predicted octanol–water partition coefficient (Wildman–Crippen LogP) is 4.22. The number of benzene rings is 2. The molecule has 0 saturated carbocycles. The van der Waals surface area contributed by atoms with Gasteiger partial charge in [-0.15, -0.1) is 11.8 Å². The van der Waals surface area contributed by atoms with E-state index in [4.69, 9.17) is 16.3 Å². The molecule has 0 unspecified atom stereocenters. The lowest BCUT2D eigenvalue weighted by molar-refractivity contribution is -0.384. The SMILES string of the molecule is Cc1cc([N+](=O)[O-])ccc1NC(=O)COC(=O)[C@@H](C)Sc1ccc(Cl)cc1. The molecule has 0 aromatic heterocycles. The molecule has 9 heteroatoms. The second-order valence-electron chi connectivity index (χ2n) is 5.63. The Kier molecular flexibility index (Phi) is 7.20. The van der Waals surface area contributed by atoms with Crippen LogP contribution >= 0.6 is 23.4 Å². The molecule has 1 N–H and O–H groups in total. The van der Waals surface area contributed by atoms with Crippen LogP contribution in [0.5, 0.6) is 0 Å². The molecular formula is C18H17ClN2O5S. The number of ether oxygens (including phenoxy) is 1. The van der Waals surface area contributed by atoms with Crippen molar-refractivity contribution in [2.75, 3.05) is 11.9 Å². The molecule has 2 rings (SSSR count). The van der Waals surface area contributed by atoms with Crippen molar-refractivity contribution >= 4 is 46.6 Å². The normalized spacial score (nSPS) is 11.5. The molecule has 0 spiro atoms. The summed E-state index contributed by atoms with van der Waals surface area (Å²) in [6.07, 6.45) is 0. The van der Waals surface area contributed by atoms with Gasteiger partial charge in [-0.2, -0.15) is 0 Å². The number of carbonyl (C=O) groups is 2. The number of non-ortho nitro benzene ring substituents is 1. The Balaban J connectivity index is 1.84. The Hall–Kier alpha value is -2.58. The number of hydrogen-bond donors (Lipinski definition) is 1. The van der Waals surface area contributed by atoms with Crippen LogP contribution in [-0.2, 0) is 14.3 Å². The molecule has 1 atom stereocenters. The van der Waals surface area contributed by atoms with Gasteiger partial charge in [0.25, 0.3) is 11.6 Å². The summed E-state index contributed by atoms with van der Waals surface area (Å²) in [7, 11) is 0. The molecule has 27 heavy (non-hydrogen) atoms. The summed E-state index contributed by atoms with van der Waals surface area (Å²) in [6.45, 7) is 2.88. The van der Waals surface area contributed by atoms with Crippen molar-refractivity contribution in [3.8, 4) is 0 Å². The Labute approximate surface area is 165 Å². The van der Waals surface area contributed by atoms with Gasteiger partial charge in [0.2, 0.25) is 0 Å². The fraction of sp³-hybridized carbons (Fsp3) is 0.222. The molecule has 142 valence electrons. The van der Waals surface area contributed by atoms with E-state index in [2.05, 4.69) is 5.32 Å². The van der Waals surface area contributed by atoms with Crippen LogP contribution in [0.2, 0.25) is 5.02 Å². The second-order valence-corrected chi connectivity index (χ2v) is 7.48. The highest BCUT2D eigenvalue weighted by atomic mass is 35.5. The van der Waals surface area contributed by atoms with Crippen LogP contribution in [-0.4, -0.2) is 28.7 Å². The zero-order chi connectivity index (χ0) is 20.0. The lowest BCUT2D eigenvalue weighted by Crippen LogP contribution is -2.25. The van der Waals surface area contributed by atoms with E-state index in [1.807, 2.05) is 0 Å². The van der Waals surface area contributed by atoms with Crippen LogP contribution in [0.4, 0.5) is 11.4 Å². The third kappa shape index (κ3) is 6.26. The molecule has 0 bridgehead atoms. The van der Waals surface area contributed by atoms with Crippen molar-refractivity contribution in [2.45, 2.75) is 24.0 Å². The fourth-order valence-electron chi connectivity index (χ4n) is 2.11. The number of nitrogens with one attached hydrogen (secondary N) is 1. The van der Waals surface area contributed by atoms with Crippen LogP contribution in [0.3, 0.4) is 0 Å². The van der Waals surface area contributed by atoms with Crippen molar-refractivity contribution in [2.24, 2.45) is 0 Å². The van der Waals surface area contributed by atoms with Crippen LogP contribution in [0.15, 0.2) is 47.4 Å². The Morgan fingerprint density at radius 3 is 2.52 bits per heavy atom. The van der Waals surface area contributed by atoms with E-state index >= 15 is 0 Å². The van der Waals surface area contributed by atoms with Crippen molar-refractivity contribution in [1.29, 1.82) is 0 Å². The first kappa shape index (κ1) is 20.7. The zero-order valence-electron chi connectivity index (χ0n) is 14.6. The summed E-state index contributed by atoms with van der Waals surface area (Å²) in [5.41, 5.74) is 0.894. The molecule has 2 aromatic carbocycles. The fourth-order valence-corrected chi connectivity index (χ4v) is 3.10. The molecule has 0 heterocycles. The minimum Gasteiger partial charge on any atom is -0.455 e. The van der Waals surface area contributed by atoms with Gasteiger partial charge in [0.15, 0.2) is 6.61 Å². The Morgan fingerprint density at radius 2 is 1.93 bits per heavy atom. The van der Waals surface area contributed by atoms with E-state index in [9.17, 15) is 19.7 Å². The summed E-state index contributed by atoms with van der Waals surface area (Å²) < 4.78 is 5.03. The number of esters is 1. The van der Waals surface area contributed by atoms with Gasteiger partial charge < -0.3 is 10.1 Å². The lowest BCUT2D eigenvalue weighted by atomic mass is 10.2. The van der Waals surface area contributed by atoms with Gasteiger partial charge in [-0.1, -0.05) is 11.6 Å². The number of anilines is 1. The second kappa shape index (κ2) is 9.38. The van der Waals surface area contributed by atoms with Crippen molar-refractivity contribution in [1.82, 2.24) is 0 Å².